The molecule has 220 valence electrons. The number of hydrogen-bond donors (Lipinski definition) is 0. The normalized spacial score (nSPS) is 11.4. The van der Waals surface area contributed by atoms with Crippen molar-refractivity contribution in [3.63, 3.8) is 0 Å². The van der Waals surface area contributed by atoms with E-state index in [0.717, 1.165) is 55.8 Å². The van der Waals surface area contributed by atoms with Gasteiger partial charge < -0.3 is 4.57 Å². The molecule has 4 heteroatoms. The van der Waals surface area contributed by atoms with E-state index in [4.69, 9.17) is 4.98 Å². The molecule has 0 bridgehead atoms. The van der Waals surface area contributed by atoms with E-state index in [1.54, 1.807) is 6.20 Å². The molecule has 0 N–H and O–H groups in total. The first-order chi connectivity index (χ1) is 23.3. The minimum Gasteiger partial charge on any atom is -0.309 e. The van der Waals surface area contributed by atoms with Crippen LogP contribution in [0.2, 0.25) is 0 Å². The van der Waals surface area contributed by atoms with Crippen LogP contribution in [0.25, 0.3) is 83.0 Å². The zero-order chi connectivity index (χ0) is 31.2. The number of hydrogen-bond acceptors (Lipinski definition) is 3. The molecule has 9 rings (SSSR count). The van der Waals surface area contributed by atoms with E-state index in [-0.39, 0.29) is 0 Å². The molecule has 0 saturated heterocycles. The van der Waals surface area contributed by atoms with Gasteiger partial charge in [0.2, 0.25) is 0 Å². The minimum absolute atomic E-state index is 0.900. The quantitative estimate of drug-likeness (QED) is 0.197. The Hall–Kier alpha value is -6.39. The lowest BCUT2D eigenvalue weighted by Gasteiger charge is -2.12. The molecule has 0 aliphatic heterocycles. The van der Waals surface area contributed by atoms with Gasteiger partial charge in [0.25, 0.3) is 0 Å². The predicted molar refractivity (Wildman–Crippen MR) is 193 cm³/mol. The Balaban J connectivity index is 1.15. The third kappa shape index (κ3) is 4.75. The fraction of sp³-hybridized carbons (Fsp3) is 0. The molecule has 0 fully saturated rings. The summed E-state index contributed by atoms with van der Waals surface area (Å²) in [6, 6.07) is 51.5. The number of para-hydroxylation sites is 1. The van der Waals surface area contributed by atoms with Gasteiger partial charge in [0.05, 0.1) is 22.4 Å². The van der Waals surface area contributed by atoms with Crippen molar-refractivity contribution in [1.29, 1.82) is 0 Å². The minimum atomic E-state index is 0.900. The van der Waals surface area contributed by atoms with E-state index < -0.39 is 0 Å². The first-order valence-corrected chi connectivity index (χ1v) is 15.8. The standard InChI is InChI=1S/C43H28N4/c1-2-11-35(12-3-1)47-42-20-19-32(24-38(42)39-28-45-23-21-43(39)47)29-15-17-30(18-16-29)34-25-40(33-10-7-22-44-27-33)46-41(26-34)37-14-6-9-31-8-4-5-13-36(31)37/h1-28H. The van der Waals surface area contributed by atoms with Gasteiger partial charge in [-0.15, -0.1) is 0 Å². The Morgan fingerprint density at radius 3 is 1.98 bits per heavy atom. The monoisotopic (exact) mass is 600 g/mol. The van der Waals surface area contributed by atoms with Crippen LogP contribution in [0.3, 0.4) is 0 Å². The van der Waals surface area contributed by atoms with Crippen LogP contribution in [0.4, 0.5) is 0 Å². The maximum Gasteiger partial charge on any atom is 0.0731 e. The molecule has 0 radical (unpaired) electrons. The van der Waals surface area contributed by atoms with Gasteiger partial charge in [-0.3, -0.25) is 9.97 Å². The van der Waals surface area contributed by atoms with Crippen molar-refractivity contribution in [1.82, 2.24) is 19.5 Å². The lowest BCUT2D eigenvalue weighted by molar-refractivity contribution is 1.17. The highest BCUT2D eigenvalue weighted by Gasteiger charge is 2.15. The van der Waals surface area contributed by atoms with Crippen molar-refractivity contribution in [2.24, 2.45) is 0 Å². The van der Waals surface area contributed by atoms with Gasteiger partial charge in [0.1, 0.15) is 0 Å². The highest BCUT2D eigenvalue weighted by atomic mass is 15.0. The number of benzene rings is 5. The summed E-state index contributed by atoms with van der Waals surface area (Å²) in [7, 11) is 0. The second-order valence-electron chi connectivity index (χ2n) is 11.8. The fourth-order valence-corrected chi connectivity index (χ4v) is 6.70. The summed E-state index contributed by atoms with van der Waals surface area (Å²) in [5.41, 5.74) is 12.0. The third-order valence-corrected chi connectivity index (χ3v) is 8.98. The third-order valence-electron chi connectivity index (χ3n) is 8.98. The van der Waals surface area contributed by atoms with Gasteiger partial charge in [-0.25, -0.2) is 4.98 Å². The number of rotatable bonds is 5. The van der Waals surface area contributed by atoms with Crippen molar-refractivity contribution in [2.75, 3.05) is 0 Å². The molecule has 0 atom stereocenters. The van der Waals surface area contributed by atoms with Crippen LogP contribution < -0.4 is 0 Å². The maximum absolute atomic E-state index is 5.15. The van der Waals surface area contributed by atoms with Crippen LogP contribution in [0, 0.1) is 0 Å². The van der Waals surface area contributed by atoms with E-state index in [2.05, 4.69) is 154 Å². The van der Waals surface area contributed by atoms with Crippen molar-refractivity contribution in [3.8, 4) is 50.5 Å². The van der Waals surface area contributed by atoms with Gasteiger partial charge >= 0.3 is 0 Å². The van der Waals surface area contributed by atoms with E-state index in [9.17, 15) is 0 Å². The van der Waals surface area contributed by atoms with Crippen molar-refractivity contribution in [2.45, 2.75) is 0 Å². The van der Waals surface area contributed by atoms with Crippen LogP contribution in [0.15, 0.2) is 170 Å². The summed E-state index contributed by atoms with van der Waals surface area (Å²) in [5, 5.41) is 4.72. The van der Waals surface area contributed by atoms with E-state index in [1.165, 1.54) is 27.2 Å². The van der Waals surface area contributed by atoms with Gasteiger partial charge in [-0.2, -0.15) is 0 Å². The number of fused-ring (bicyclic) bond motifs is 4. The molecule has 9 aromatic rings. The second-order valence-corrected chi connectivity index (χ2v) is 11.8. The Bertz CT molecular complexity index is 2550. The zero-order valence-corrected chi connectivity index (χ0v) is 25.5. The smallest absolute Gasteiger partial charge is 0.0731 e. The maximum atomic E-state index is 5.15. The molecule has 4 heterocycles. The lowest BCUT2D eigenvalue weighted by atomic mass is 9.96. The Labute approximate surface area is 272 Å². The van der Waals surface area contributed by atoms with Gasteiger partial charge in [0.15, 0.2) is 0 Å². The molecule has 5 aromatic carbocycles. The Morgan fingerprint density at radius 1 is 0.404 bits per heavy atom. The topological polar surface area (TPSA) is 43.6 Å². The number of aromatic nitrogens is 4. The Kier molecular flexibility index (Phi) is 6.43. The summed E-state index contributed by atoms with van der Waals surface area (Å²) < 4.78 is 2.32. The van der Waals surface area contributed by atoms with Crippen LogP contribution in [-0.4, -0.2) is 19.5 Å². The molecule has 0 aliphatic carbocycles. The molecule has 0 saturated carbocycles. The van der Waals surface area contributed by atoms with Gasteiger partial charge in [-0.05, 0) is 87.6 Å². The molecule has 47 heavy (non-hydrogen) atoms. The van der Waals surface area contributed by atoms with E-state index >= 15 is 0 Å². The summed E-state index contributed by atoms with van der Waals surface area (Å²) >= 11 is 0. The van der Waals surface area contributed by atoms with Crippen molar-refractivity contribution < 1.29 is 0 Å². The Morgan fingerprint density at radius 2 is 1.13 bits per heavy atom. The molecule has 4 nitrogen and oxygen atoms in total. The molecular weight excluding hydrogens is 573 g/mol. The SMILES string of the molecule is c1ccc(-n2c3ccncc3c3cc(-c4ccc(-c5cc(-c6cccnc6)nc(-c6cccc7ccccc67)c5)cc4)ccc32)cc1. The average Bonchev–Trinajstić information content (AvgIpc) is 3.49. The predicted octanol–water partition coefficient (Wildman–Crippen LogP) is 10.8. The number of pyridine rings is 3. The molecule has 0 aliphatic rings. The summed E-state index contributed by atoms with van der Waals surface area (Å²) in [4.78, 5) is 14.0. The molecule has 0 amide bonds. The van der Waals surface area contributed by atoms with Crippen molar-refractivity contribution in [3.05, 3.63) is 170 Å². The fourth-order valence-electron chi connectivity index (χ4n) is 6.70. The van der Waals surface area contributed by atoms with Crippen LogP contribution in [0.1, 0.15) is 0 Å². The molecule has 4 aromatic heterocycles. The van der Waals surface area contributed by atoms with Gasteiger partial charge in [0, 0.05) is 52.4 Å². The average molecular weight is 601 g/mol. The summed E-state index contributed by atoms with van der Waals surface area (Å²) in [5.74, 6) is 0. The van der Waals surface area contributed by atoms with Crippen LogP contribution in [-0.2, 0) is 0 Å². The first kappa shape index (κ1) is 27.0. The largest absolute Gasteiger partial charge is 0.309 e. The molecule has 0 unspecified atom stereocenters. The highest BCUT2D eigenvalue weighted by molar-refractivity contribution is 6.10. The highest BCUT2D eigenvalue weighted by Crippen LogP contribution is 2.37. The van der Waals surface area contributed by atoms with Crippen LogP contribution in [0.5, 0.6) is 0 Å². The van der Waals surface area contributed by atoms with E-state index in [1.807, 2.05) is 24.7 Å². The lowest BCUT2D eigenvalue weighted by Crippen LogP contribution is -1.93. The summed E-state index contributed by atoms with van der Waals surface area (Å²) in [6.45, 7) is 0. The molecular formula is C43H28N4. The zero-order valence-electron chi connectivity index (χ0n) is 25.5. The molecule has 0 spiro atoms. The second kappa shape index (κ2) is 11.2. The first-order valence-electron chi connectivity index (χ1n) is 15.8. The van der Waals surface area contributed by atoms with E-state index in [0.29, 0.717) is 0 Å². The summed E-state index contributed by atoms with van der Waals surface area (Å²) in [6.07, 6.45) is 7.51. The van der Waals surface area contributed by atoms with Crippen molar-refractivity contribution >= 4 is 32.6 Å². The van der Waals surface area contributed by atoms with Gasteiger partial charge in [-0.1, -0.05) is 91.0 Å². The van der Waals surface area contributed by atoms with Crippen LogP contribution >= 0.6 is 0 Å². The number of nitrogens with zero attached hydrogens (tertiary/aromatic N) is 4.